The second-order valence-electron chi connectivity index (χ2n) is 16.6. The third-order valence-corrected chi connectivity index (χ3v) is 10.8. The molecule has 6 rings (SSSR count). The summed E-state index contributed by atoms with van der Waals surface area (Å²) in [5, 5.41) is 0. The quantitative estimate of drug-likeness (QED) is 0.185. The van der Waals surface area contributed by atoms with Crippen molar-refractivity contribution >= 4 is 3.21 Å². The van der Waals surface area contributed by atoms with Gasteiger partial charge in [0, 0.05) is 0 Å². The molecular weight excluding hydrogens is 727 g/mol. The van der Waals surface area contributed by atoms with Crippen molar-refractivity contribution < 1.29 is 49.0 Å². The Morgan fingerprint density at radius 1 is 0.680 bits per heavy atom. The van der Waals surface area contributed by atoms with Crippen LogP contribution in [0.1, 0.15) is 120 Å². The molecule has 0 aromatic heterocycles. The fourth-order valence-corrected chi connectivity index (χ4v) is 6.62. The molecule has 0 saturated carbocycles. The largest absolute Gasteiger partial charge is 1.00 e. The van der Waals surface area contributed by atoms with Gasteiger partial charge in [-0.1, -0.05) is 122 Å². The molecule has 0 aliphatic heterocycles. The van der Waals surface area contributed by atoms with E-state index >= 15 is 0 Å². The van der Waals surface area contributed by atoms with Crippen LogP contribution in [0, 0.1) is 37.3 Å². The van der Waals surface area contributed by atoms with E-state index in [1.807, 2.05) is 0 Å². The summed E-state index contributed by atoms with van der Waals surface area (Å²) in [6, 6.07) is 32.6. The monoisotopic (exact) mass is 780 g/mol. The summed E-state index contributed by atoms with van der Waals surface area (Å²) in [6.45, 7) is 26.8. The molecule has 0 heterocycles. The molecule has 4 aromatic rings. The molecule has 1 unspecified atom stereocenters. The van der Waals surface area contributed by atoms with Crippen LogP contribution in [0.4, 0.5) is 0 Å². The zero-order chi connectivity index (χ0) is 35.4. The van der Waals surface area contributed by atoms with Crippen LogP contribution in [0.3, 0.4) is 0 Å². The summed E-state index contributed by atoms with van der Waals surface area (Å²) in [5.74, 6) is 0.573. The van der Waals surface area contributed by atoms with Gasteiger partial charge in [0.15, 0.2) is 0 Å². The van der Waals surface area contributed by atoms with Gasteiger partial charge in [-0.25, -0.2) is 6.08 Å². The van der Waals surface area contributed by atoms with Gasteiger partial charge in [-0.05, 0) is 17.4 Å². The van der Waals surface area contributed by atoms with Gasteiger partial charge in [0.05, 0.1) is 0 Å². The molecule has 0 nitrogen and oxygen atoms in total. The second-order valence-corrected chi connectivity index (χ2v) is 17.9. The first kappa shape index (κ1) is 43.9. The third kappa shape index (κ3) is 11.6. The fourth-order valence-electron chi connectivity index (χ4n) is 5.80. The zero-order valence-corrected chi connectivity index (χ0v) is 36.4. The van der Waals surface area contributed by atoms with Gasteiger partial charge in [0.1, 0.15) is 0 Å². The molecule has 1 atom stereocenters. The van der Waals surface area contributed by atoms with Gasteiger partial charge in [-0.3, -0.25) is 6.08 Å². The van der Waals surface area contributed by atoms with Crippen LogP contribution >= 0.6 is 0 Å². The van der Waals surface area contributed by atoms with E-state index in [9.17, 15) is 0 Å². The topological polar surface area (TPSA) is 0 Å². The first-order valence-electron chi connectivity index (χ1n) is 17.6. The minimum absolute atomic E-state index is 0. The standard InChI is InChI=1S/C21H25.C15H14.C11H17.2ClH.Zr/c1-20(2,3)16-9-7-14-11-15-8-10-17(21(4,5)6)13-19(15)18(14)12-16;1-12-3-7-14(8-4-12)11-15-9-5-13(2)6-10-15;1-5-9-6-7-10(8-9)11(2,3)4;;;/h7,9-10,12-13H,11H2,1-6H3;3-10H,1-2H3;7-9H,5H2,1-4H3;2*1H;/q-1;;-1;;;+2/p-2. The fraction of sp³-hybridized carbons (Fsp3) is 0.383. The van der Waals surface area contributed by atoms with Gasteiger partial charge >= 0.3 is 112 Å². The molecular formula is C47H56Cl2Zr-2. The maximum atomic E-state index is 3.53. The van der Waals surface area contributed by atoms with E-state index in [1.54, 1.807) is 0 Å². The molecule has 0 fully saturated rings. The number of fused-ring (bicyclic) bond motifs is 3. The van der Waals surface area contributed by atoms with E-state index in [1.165, 1.54) is 95.1 Å². The van der Waals surface area contributed by atoms with Gasteiger partial charge in [-0.2, -0.15) is 41.0 Å². The maximum Gasteiger partial charge on any atom is -1.00 e. The van der Waals surface area contributed by atoms with Gasteiger partial charge in [0.2, 0.25) is 0 Å². The Hall–Kier alpha value is -2.31. The summed E-state index contributed by atoms with van der Waals surface area (Å²) < 4.78 is 1.42. The number of benzene rings is 4. The van der Waals surface area contributed by atoms with Crippen molar-refractivity contribution in [3.63, 3.8) is 0 Å². The first-order valence-corrected chi connectivity index (χ1v) is 18.8. The minimum Gasteiger partial charge on any atom is -1.00 e. The summed E-state index contributed by atoms with van der Waals surface area (Å²) in [5.41, 5.74) is 15.8. The summed E-state index contributed by atoms with van der Waals surface area (Å²) in [6.07, 6.45) is 10.0. The normalized spacial score (nSPS) is 14.4. The van der Waals surface area contributed by atoms with E-state index in [4.69, 9.17) is 0 Å². The Morgan fingerprint density at radius 3 is 1.60 bits per heavy atom. The number of hydrogen-bond donors (Lipinski definition) is 0. The molecule has 0 amide bonds. The smallest absolute Gasteiger partial charge is 1.00 e. The second kappa shape index (κ2) is 18.0. The van der Waals surface area contributed by atoms with E-state index in [2.05, 4.69) is 186 Å². The Morgan fingerprint density at radius 2 is 1.18 bits per heavy atom. The van der Waals surface area contributed by atoms with Crippen molar-refractivity contribution in [1.29, 1.82) is 0 Å². The molecule has 0 spiro atoms. The van der Waals surface area contributed by atoms with E-state index in [-0.39, 0.29) is 35.6 Å². The average Bonchev–Trinajstić information content (AvgIpc) is 3.66. The molecule has 0 N–H and O–H groups in total. The minimum atomic E-state index is 0. The van der Waals surface area contributed by atoms with E-state index in [0.29, 0.717) is 11.3 Å². The van der Waals surface area contributed by atoms with Gasteiger partial charge < -0.3 is 24.8 Å². The SMILES string of the molecule is CC(C)(C)c1c[c-]c2c(c1)-c1cc(C(C)(C)C)ccc1C2.CCC1[C-]=CC(C(C)(C)C)=C1.Cc1ccc([C](=[Zr+2])c2ccc(C)cc2)cc1.[Cl-].[Cl-]. The van der Waals surface area contributed by atoms with Crippen LogP contribution in [0.2, 0.25) is 0 Å². The molecule has 50 heavy (non-hydrogen) atoms. The summed E-state index contributed by atoms with van der Waals surface area (Å²) >= 11 is 1.46. The van der Waals surface area contributed by atoms with Gasteiger partial charge in [0.25, 0.3) is 0 Å². The maximum absolute atomic E-state index is 3.53. The number of hydrogen-bond acceptors (Lipinski definition) is 0. The van der Waals surface area contributed by atoms with Crippen molar-refractivity contribution in [2.45, 2.75) is 107 Å². The molecule has 4 aromatic carbocycles. The number of aryl methyl sites for hydroxylation is 2. The van der Waals surface area contributed by atoms with E-state index in [0.717, 1.165) is 6.42 Å². The predicted molar refractivity (Wildman–Crippen MR) is 206 cm³/mol. The van der Waals surface area contributed by atoms with Crippen LogP contribution in [0.25, 0.3) is 11.1 Å². The zero-order valence-electron chi connectivity index (χ0n) is 32.4. The van der Waals surface area contributed by atoms with Gasteiger partial charge in [-0.15, -0.1) is 5.56 Å². The van der Waals surface area contributed by atoms with Crippen molar-refractivity contribution in [1.82, 2.24) is 0 Å². The number of allylic oxidation sites excluding steroid dienone is 4. The van der Waals surface area contributed by atoms with Crippen LogP contribution in [0.5, 0.6) is 0 Å². The van der Waals surface area contributed by atoms with Crippen LogP contribution in [-0.4, -0.2) is 3.21 Å². The Bertz CT molecular complexity index is 1680. The predicted octanol–water partition coefficient (Wildman–Crippen LogP) is 6.44. The van der Waals surface area contributed by atoms with Crippen molar-refractivity contribution in [3.8, 4) is 11.1 Å². The first-order chi connectivity index (χ1) is 22.4. The molecule has 0 radical (unpaired) electrons. The third-order valence-electron chi connectivity index (χ3n) is 9.35. The molecule has 264 valence electrons. The van der Waals surface area contributed by atoms with Crippen molar-refractivity contribution in [3.05, 3.63) is 153 Å². The molecule has 0 saturated heterocycles. The average molecular weight is 783 g/mol. The van der Waals surface area contributed by atoms with Crippen molar-refractivity contribution in [2.24, 2.45) is 11.3 Å². The van der Waals surface area contributed by atoms with Crippen LogP contribution < -0.4 is 24.8 Å². The molecule has 3 heteroatoms. The summed E-state index contributed by atoms with van der Waals surface area (Å²) in [4.78, 5) is 0. The van der Waals surface area contributed by atoms with Crippen molar-refractivity contribution in [2.75, 3.05) is 0 Å². The number of rotatable bonds is 3. The molecule has 2 aliphatic carbocycles. The Labute approximate surface area is 332 Å². The molecule has 2 aliphatic rings. The van der Waals surface area contributed by atoms with Crippen LogP contribution in [-0.2, 0) is 41.5 Å². The Balaban J connectivity index is 0.000000268. The van der Waals surface area contributed by atoms with Crippen LogP contribution in [0.15, 0.2) is 96.6 Å². The van der Waals surface area contributed by atoms with E-state index < -0.39 is 0 Å². The number of halogens is 2. The summed E-state index contributed by atoms with van der Waals surface area (Å²) in [7, 11) is 0. The molecule has 0 bridgehead atoms. The Kier molecular flexibility index (Phi) is 15.7.